The topological polar surface area (TPSA) is 49.5 Å². The summed E-state index contributed by atoms with van der Waals surface area (Å²) in [7, 11) is -5.60. The number of anilines is 2. The second kappa shape index (κ2) is 7.36. The molecule has 1 aliphatic heterocycles. The van der Waals surface area contributed by atoms with Crippen molar-refractivity contribution >= 4 is 19.6 Å². The molecule has 0 spiro atoms. The molecule has 1 unspecified atom stereocenters. The lowest BCUT2D eigenvalue weighted by atomic mass is 9.84. The fourth-order valence-corrected chi connectivity index (χ4v) is 4.62. The molecule has 3 N–H and O–H groups in total. The van der Waals surface area contributed by atoms with Crippen molar-refractivity contribution in [3.63, 3.8) is 0 Å². The van der Waals surface area contributed by atoms with E-state index in [-0.39, 0.29) is 6.61 Å². The first-order valence-corrected chi connectivity index (χ1v) is 10.9. The number of hydrogen-bond acceptors (Lipinski definition) is 3. The first-order chi connectivity index (χ1) is 13.8. The maximum atomic E-state index is 13.7. The molecule has 1 aliphatic rings. The molecule has 7 heteroatoms. The molecule has 0 aliphatic carbocycles. The van der Waals surface area contributed by atoms with Gasteiger partial charge in [-0.25, -0.2) is 0 Å². The van der Waals surface area contributed by atoms with E-state index in [1.54, 1.807) is 36.4 Å². The number of nitrogens with zero attached hydrogens (tertiary/aromatic N) is 1. The van der Waals surface area contributed by atoms with Crippen LogP contribution in [0.1, 0.15) is 28.3 Å². The molecule has 29 heavy (non-hydrogen) atoms. The Morgan fingerprint density at radius 2 is 1.66 bits per heavy atom. The van der Waals surface area contributed by atoms with Crippen LogP contribution in [0.3, 0.4) is 0 Å². The number of aryl methyl sites for hydroxylation is 1. The molecule has 3 aromatic rings. The Morgan fingerprint density at radius 3 is 2.31 bits per heavy atom. The minimum Gasteiger partial charge on any atom is -0.399 e. The highest BCUT2D eigenvalue weighted by Crippen LogP contribution is 2.66. The number of rotatable bonds is 4. The average Bonchev–Trinajstić information content (AvgIpc) is 2.67. The quantitative estimate of drug-likeness (QED) is 0.388. The molecule has 1 atom stereocenters. The monoisotopic (exact) mass is 417 g/mol. The first-order valence-electron chi connectivity index (χ1n) is 9.20. The van der Waals surface area contributed by atoms with Crippen LogP contribution in [0.5, 0.6) is 0 Å². The predicted octanol–water partition coefficient (Wildman–Crippen LogP) is 6.27. The second-order valence-corrected chi connectivity index (χ2v) is 8.71. The van der Waals surface area contributed by atoms with Gasteiger partial charge in [-0.05, 0) is 52.9 Å². The minimum atomic E-state index is -5.60. The van der Waals surface area contributed by atoms with Gasteiger partial charge in [0.2, 0.25) is 6.29 Å². The molecule has 0 saturated heterocycles. The van der Waals surface area contributed by atoms with Crippen molar-refractivity contribution in [2.75, 3.05) is 16.9 Å². The van der Waals surface area contributed by atoms with Gasteiger partial charge in [0.1, 0.15) is 0 Å². The largest absolute Gasteiger partial charge is 0.588 e. The van der Waals surface area contributed by atoms with Gasteiger partial charge < -0.3 is 15.7 Å². The molecule has 0 amide bonds. The summed E-state index contributed by atoms with van der Waals surface area (Å²) < 4.78 is 41.1. The van der Waals surface area contributed by atoms with E-state index in [0.29, 0.717) is 16.9 Å². The van der Waals surface area contributed by atoms with Gasteiger partial charge in [-0.15, -0.1) is 0 Å². The van der Waals surface area contributed by atoms with Crippen LogP contribution >= 0.6 is 8.19 Å². The van der Waals surface area contributed by atoms with Crippen LogP contribution < -0.4 is 10.6 Å². The van der Waals surface area contributed by atoms with Crippen molar-refractivity contribution in [2.24, 2.45) is 0 Å². The van der Waals surface area contributed by atoms with Crippen LogP contribution in [0.4, 0.5) is 24.0 Å². The number of halogens is 3. The van der Waals surface area contributed by atoms with E-state index in [9.17, 15) is 17.7 Å². The molecule has 0 aromatic heterocycles. The maximum Gasteiger partial charge on any atom is 0.588 e. The zero-order valence-electron chi connectivity index (χ0n) is 15.8. The molecule has 3 nitrogen and oxygen atoms in total. The lowest BCUT2D eigenvalue weighted by Gasteiger charge is -2.39. The molecule has 1 heterocycles. The molecule has 4 rings (SSSR count). The molecular formula is C22H21F3N2OP+. The van der Waals surface area contributed by atoms with Crippen molar-refractivity contribution in [3.8, 4) is 11.1 Å². The molecule has 0 radical (unpaired) electrons. The fourth-order valence-electron chi connectivity index (χ4n) is 3.96. The Bertz CT molecular complexity index is 1050. The molecule has 150 valence electrons. The van der Waals surface area contributed by atoms with E-state index in [2.05, 4.69) is 0 Å². The van der Waals surface area contributed by atoms with Gasteiger partial charge >= 0.3 is 8.19 Å². The number of nitrogens with two attached hydrogens (primary N) is 1. The molecule has 3 aromatic carbocycles. The van der Waals surface area contributed by atoms with Gasteiger partial charge in [-0.1, -0.05) is 42.5 Å². The van der Waals surface area contributed by atoms with Gasteiger partial charge in [0.15, 0.2) is 0 Å². The lowest BCUT2D eigenvalue weighted by molar-refractivity contribution is 0.282. The smallest absolute Gasteiger partial charge is 0.399 e. The Morgan fingerprint density at radius 1 is 0.966 bits per heavy atom. The van der Waals surface area contributed by atoms with Crippen molar-refractivity contribution in [1.29, 1.82) is 0 Å². The average molecular weight is 417 g/mol. The van der Waals surface area contributed by atoms with Crippen LogP contribution in [0.15, 0.2) is 60.7 Å². The third kappa shape index (κ3) is 3.83. The third-order valence-electron chi connectivity index (χ3n) is 5.23. The summed E-state index contributed by atoms with van der Waals surface area (Å²) in [6.45, 7) is 1.76. The summed E-state index contributed by atoms with van der Waals surface area (Å²) in [6.07, 6.45) is -0.968. The van der Waals surface area contributed by atoms with Crippen molar-refractivity contribution in [2.45, 2.75) is 19.6 Å². The Labute approximate surface area is 168 Å². The van der Waals surface area contributed by atoms with E-state index >= 15 is 0 Å². The van der Waals surface area contributed by atoms with Crippen LogP contribution in [0.25, 0.3) is 11.1 Å². The van der Waals surface area contributed by atoms with Gasteiger partial charge in [0.25, 0.3) is 0 Å². The van der Waals surface area contributed by atoms with Crippen molar-refractivity contribution < 1.29 is 17.7 Å². The molecular weight excluding hydrogens is 396 g/mol. The second-order valence-electron chi connectivity index (χ2n) is 7.33. The summed E-state index contributed by atoms with van der Waals surface area (Å²) in [6, 6.07) is 17.5. The van der Waals surface area contributed by atoms with Crippen LogP contribution in [-0.2, 0) is 6.61 Å². The van der Waals surface area contributed by atoms with Crippen LogP contribution in [-0.4, -0.2) is 11.4 Å². The number of fused-ring (bicyclic) bond motifs is 3. The number of aliphatic hydroxyl groups is 1. The summed E-state index contributed by atoms with van der Waals surface area (Å²) in [4.78, 5) is 1.45. The highest BCUT2D eigenvalue weighted by Gasteiger charge is 2.49. The zero-order chi connectivity index (χ0) is 20.8. The summed E-state index contributed by atoms with van der Waals surface area (Å²) >= 11 is 0. The minimum absolute atomic E-state index is 0.117. The van der Waals surface area contributed by atoms with Gasteiger partial charge in [-0.2, -0.15) is 0 Å². The zero-order valence-corrected chi connectivity index (χ0v) is 16.7. The Kier molecular flexibility index (Phi) is 5.01. The summed E-state index contributed by atoms with van der Waals surface area (Å²) in [5.74, 6) is 0. The Balaban J connectivity index is 1.97. The van der Waals surface area contributed by atoms with Crippen LogP contribution in [0, 0.1) is 6.92 Å². The molecule has 0 saturated carbocycles. The lowest BCUT2D eigenvalue weighted by Crippen LogP contribution is -2.33. The van der Waals surface area contributed by atoms with Crippen LogP contribution in [0.2, 0.25) is 0 Å². The van der Waals surface area contributed by atoms with E-state index < -0.39 is 20.5 Å². The first kappa shape index (κ1) is 19.7. The van der Waals surface area contributed by atoms with Crippen molar-refractivity contribution in [1.82, 2.24) is 0 Å². The molecule has 0 bridgehead atoms. The predicted molar refractivity (Wildman–Crippen MR) is 113 cm³/mol. The van der Waals surface area contributed by atoms with E-state index in [1.165, 1.54) is 4.90 Å². The normalized spacial score (nSPS) is 15.8. The standard InChI is InChI=1S/C22H21F3N2OP/c1-14-2-8-19-18-9-7-17(26)11-20(18)22(16-5-3-15(12-28)4-6-16)27(21(19)10-14)13-29(23,24)25/h2-11,22,28H,12-13,26H2,1H3/q+1. The number of hydrogen-bond donors (Lipinski definition) is 2. The Hall–Kier alpha value is -2.56. The van der Waals surface area contributed by atoms with Gasteiger partial charge in [0, 0.05) is 29.5 Å². The SMILES string of the molecule is Cc1ccc2c(c1)N(C[P+](F)(F)F)C(c1ccc(CO)cc1)c1cc(N)ccc1-2. The maximum absolute atomic E-state index is 13.7. The summed E-state index contributed by atoms with van der Waals surface area (Å²) in [5, 5.41) is 9.33. The van der Waals surface area contributed by atoms with Gasteiger partial charge in [-0.3, -0.25) is 0 Å². The highest BCUT2D eigenvalue weighted by atomic mass is 31.3. The van der Waals surface area contributed by atoms with E-state index in [1.807, 2.05) is 31.2 Å². The third-order valence-corrected chi connectivity index (χ3v) is 5.85. The number of nitrogen functional groups attached to an aromatic ring is 1. The number of benzene rings is 3. The fraction of sp³-hybridized carbons (Fsp3) is 0.182. The van der Waals surface area contributed by atoms with E-state index in [4.69, 9.17) is 5.73 Å². The van der Waals surface area contributed by atoms with Crippen molar-refractivity contribution in [3.05, 3.63) is 82.9 Å². The molecule has 0 fully saturated rings. The highest BCUT2D eigenvalue weighted by molar-refractivity contribution is 7.60. The summed E-state index contributed by atoms with van der Waals surface area (Å²) in [5.41, 5.74) is 11.9. The van der Waals surface area contributed by atoms with Gasteiger partial charge in [0.05, 0.1) is 12.6 Å². The van der Waals surface area contributed by atoms with E-state index in [0.717, 1.165) is 27.8 Å². The number of aliphatic hydroxyl groups excluding tert-OH is 1.